The van der Waals surface area contributed by atoms with Crippen LogP contribution in [0.25, 0.3) is 10.8 Å². The topological polar surface area (TPSA) is 39.2 Å². The predicted octanol–water partition coefficient (Wildman–Crippen LogP) is 1.95. The summed E-state index contributed by atoms with van der Waals surface area (Å²) in [4.78, 5) is 15.1. The molecule has 15 heavy (non-hydrogen) atoms. The number of benzene rings is 1. The molecule has 0 atom stereocenters. The second-order valence-corrected chi connectivity index (χ2v) is 3.31. The van der Waals surface area contributed by atoms with E-state index in [9.17, 15) is 4.79 Å². The molecule has 0 aliphatic carbocycles. The highest BCUT2D eigenvalue weighted by Gasteiger charge is 2.03. The first-order valence-electron chi connectivity index (χ1n) is 4.69. The molecule has 0 radical (unpaired) electrons. The van der Waals surface area contributed by atoms with E-state index in [0.29, 0.717) is 6.42 Å². The van der Waals surface area contributed by atoms with Crippen LogP contribution in [0.2, 0.25) is 0 Å². The van der Waals surface area contributed by atoms with Gasteiger partial charge >= 0.3 is 5.97 Å². The van der Waals surface area contributed by atoms with Crippen LogP contribution < -0.4 is 0 Å². The van der Waals surface area contributed by atoms with E-state index in [-0.39, 0.29) is 5.97 Å². The van der Waals surface area contributed by atoms with Gasteiger partial charge in [0, 0.05) is 17.8 Å². The van der Waals surface area contributed by atoms with Crippen molar-refractivity contribution in [2.24, 2.45) is 0 Å². The fraction of sp³-hybridized carbons (Fsp3) is 0.167. The van der Waals surface area contributed by atoms with Crippen molar-refractivity contribution >= 4 is 16.7 Å². The first kappa shape index (κ1) is 9.65. The minimum Gasteiger partial charge on any atom is -0.469 e. The lowest BCUT2D eigenvalue weighted by atomic mass is 10.1. The molecule has 0 amide bonds. The fourth-order valence-electron chi connectivity index (χ4n) is 1.48. The highest BCUT2D eigenvalue weighted by atomic mass is 16.5. The zero-order valence-electron chi connectivity index (χ0n) is 8.43. The maximum Gasteiger partial charge on any atom is 0.309 e. The van der Waals surface area contributed by atoms with Crippen molar-refractivity contribution in [1.82, 2.24) is 4.98 Å². The Morgan fingerprint density at radius 2 is 2.20 bits per heavy atom. The van der Waals surface area contributed by atoms with Gasteiger partial charge in [-0.1, -0.05) is 18.2 Å². The van der Waals surface area contributed by atoms with Crippen LogP contribution in [0.5, 0.6) is 0 Å². The predicted molar refractivity (Wildman–Crippen MR) is 57.5 cm³/mol. The molecule has 76 valence electrons. The van der Waals surface area contributed by atoms with Crippen molar-refractivity contribution in [2.75, 3.05) is 7.11 Å². The Bertz CT molecular complexity index is 494. The minimum atomic E-state index is -0.219. The van der Waals surface area contributed by atoms with Crippen LogP contribution in [-0.2, 0) is 16.0 Å². The Morgan fingerprint density at radius 1 is 1.33 bits per heavy atom. The molecule has 3 heteroatoms. The molecule has 2 rings (SSSR count). The average Bonchev–Trinajstić information content (AvgIpc) is 2.29. The Morgan fingerprint density at radius 3 is 3.00 bits per heavy atom. The molecule has 0 unspecified atom stereocenters. The number of fused-ring (bicyclic) bond motifs is 1. The third-order valence-corrected chi connectivity index (χ3v) is 2.28. The number of ether oxygens (including phenoxy) is 1. The van der Waals surface area contributed by atoms with E-state index >= 15 is 0 Å². The van der Waals surface area contributed by atoms with E-state index in [2.05, 4.69) is 9.72 Å². The van der Waals surface area contributed by atoms with Gasteiger partial charge < -0.3 is 4.74 Å². The number of pyridine rings is 1. The Hall–Kier alpha value is -1.90. The minimum absolute atomic E-state index is 0.219. The van der Waals surface area contributed by atoms with Gasteiger partial charge in [-0.3, -0.25) is 9.78 Å². The van der Waals surface area contributed by atoms with Crippen molar-refractivity contribution in [2.45, 2.75) is 6.42 Å². The molecule has 1 heterocycles. The highest BCUT2D eigenvalue weighted by Crippen LogP contribution is 2.14. The van der Waals surface area contributed by atoms with Gasteiger partial charge in [0.1, 0.15) is 0 Å². The van der Waals surface area contributed by atoms with Gasteiger partial charge in [-0.25, -0.2) is 0 Å². The fourth-order valence-corrected chi connectivity index (χ4v) is 1.48. The lowest BCUT2D eigenvalue weighted by molar-refractivity contribution is -0.139. The number of rotatable bonds is 2. The molecule has 0 N–H and O–H groups in total. The smallest absolute Gasteiger partial charge is 0.309 e. The molecule has 1 aromatic heterocycles. The number of hydrogen-bond acceptors (Lipinski definition) is 3. The van der Waals surface area contributed by atoms with Gasteiger partial charge in [0.25, 0.3) is 0 Å². The number of aromatic nitrogens is 1. The quantitative estimate of drug-likeness (QED) is 0.697. The summed E-state index contributed by atoms with van der Waals surface area (Å²) in [5.41, 5.74) is 0.959. The van der Waals surface area contributed by atoms with Crippen LogP contribution in [0, 0.1) is 0 Å². The van der Waals surface area contributed by atoms with Gasteiger partial charge in [0.2, 0.25) is 0 Å². The van der Waals surface area contributed by atoms with Crippen LogP contribution in [-0.4, -0.2) is 18.1 Å². The highest BCUT2D eigenvalue weighted by molar-refractivity contribution is 5.83. The van der Waals surface area contributed by atoms with E-state index in [4.69, 9.17) is 0 Å². The zero-order valence-corrected chi connectivity index (χ0v) is 8.43. The molecule has 0 saturated carbocycles. The first-order valence-corrected chi connectivity index (χ1v) is 4.69. The molecule has 2 aromatic rings. The van der Waals surface area contributed by atoms with Crippen LogP contribution in [0.15, 0.2) is 36.7 Å². The van der Waals surface area contributed by atoms with Crippen LogP contribution >= 0.6 is 0 Å². The molecule has 0 bridgehead atoms. The molecule has 0 aliphatic rings. The van der Waals surface area contributed by atoms with Gasteiger partial charge in [0.15, 0.2) is 0 Å². The largest absolute Gasteiger partial charge is 0.469 e. The summed E-state index contributed by atoms with van der Waals surface area (Å²) in [6, 6.07) is 7.78. The number of carbonyl (C=O) groups is 1. The van der Waals surface area contributed by atoms with Crippen molar-refractivity contribution in [3.63, 3.8) is 0 Å². The number of nitrogens with zero attached hydrogens (tertiary/aromatic N) is 1. The lowest BCUT2D eigenvalue weighted by Gasteiger charge is -2.02. The SMILES string of the molecule is COC(=O)Cc1ccc2cnccc2c1. The molecule has 0 spiro atoms. The van der Waals surface area contributed by atoms with E-state index in [1.165, 1.54) is 7.11 Å². The van der Waals surface area contributed by atoms with E-state index in [1.807, 2.05) is 24.3 Å². The van der Waals surface area contributed by atoms with Crippen LogP contribution in [0.3, 0.4) is 0 Å². The summed E-state index contributed by atoms with van der Waals surface area (Å²) < 4.78 is 4.61. The summed E-state index contributed by atoms with van der Waals surface area (Å²) in [6.07, 6.45) is 3.86. The van der Waals surface area contributed by atoms with Gasteiger partial charge in [-0.15, -0.1) is 0 Å². The van der Waals surface area contributed by atoms with Crippen molar-refractivity contribution in [3.05, 3.63) is 42.2 Å². The summed E-state index contributed by atoms with van der Waals surface area (Å²) in [7, 11) is 1.40. The summed E-state index contributed by atoms with van der Waals surface area (Å²) in [5.74, 6) is -0.219. The molecular formula is C12H11NO2. The molecule has 0 aliphatic heterocycles. The van der Waals surface area contributed by atoms with Gasteiger partial charge in [-0.05, 0) is 17.0 Å². The lowest BCUT2D eigenvalue weighted by Crippen LogP contribution is -2.04. The Balaban J connectivity index is 2.34. The standard InChI is InChI=1S/C12H11NO2/c1-15-12(14)7-9-2-3-11-8-13-5-4-10(11)6-9/h2-6,8H,7H2,1H3. The van der Waals surface area contributed by atoms with Crippen LogP contribution in [0.4, 0.5) is 0 Å². The molecule has 0 saturated heterocycles. The van der Waals surface area contributed by atoms with Crippen LogP contribution in [0.1, 0.15) is 5.56 Å². The molecule has 1 aromatic carbocycles. The maximum absolute atomic E-state index is 11.1. The Labute approximate surface area is 87.7 Å². The van der Waals surface area contributed by atoms with E-state index < -0.39 is 0 Å². The maximum atomic E-state index is 11.1. The van der Waals surface area contributed by atoms with Crippen molar-refractivity contribution in [1.29, 1.82) is 0 Å². The number of carbonyl (C=O) groups excluding carboxylic acids is 1. The van der Waals surface area contributed by atoms with E-state index in [1.54, 1.807) is 12.4 Å². The summed E-state index contributed by atoms with van der Waals surface area (Å²) in [6.45, 7) is 0. The first-order chi connectivity index (χ1) is 7.29. The Kier molecular flexibility index (Phi) is 2.63. The third-order valence-electron chi connectivity index (χ3n) is 2.28. The zero-order chi connectivity index (χ0) is 10.7. The summed E-state index contributed by atoms with van der Waals surface area (Å²) in [5, 5.41) is 2.16. The normalized spacial score (nSPS) is 10.2. The number of esters is 1. The molecular weight excluding hydrogens is 190 g/mol. The summed E-state index contributed by atoms with van der Waals surface area (Å²) >= 11 is 0. The van der Waals surface area contributed by atoms with E-state index in [0.717, 1.165) is 16.3 Å². The molecule has 3 nitrogen and oxygen atoms in total. The average molecular weight is 201 g/mol. The van der Waals surface area contributed by atoms with Crippen molar-refractivity contribution < 1.29 is 9.53 Å². The van der Waals surface area contributed by atoms with Gasteiger partial charge in [0.05, 0.1) is 13.5 Å². The van der Waals surface area contributed by atoms with Gasteiger partial charge in [-0.2, -0.15) is 0 Å². The number of methoxy groups -OCH3 is 1. The second-order valence-electron chi connectivity index (χ2n) is 3.31. The van der Waals surface area contributed by atoms with Crippen molar-refractivity contribution in [3.8, 4) is 0 Å². The monoisotopic (exact) mass is 201 g/mol. The molecule has 0 fully saturated rings. The number of hydrogen-bond donors (Lipinski definition) is 0. The third kappa shape index (κ3) is 2.13. The second kappa shape index (κ2) is 4.09.